The van der Waals surface area contributed by atoms with Crippen molar-refractivity contribution >= 4 is 29.9 Å². The Kier molecular flexibility index (Phi) is 7.82. The summed E-state index contributed by atoms with van der Waals surface area (Å²) in [6.45, 7) is 2.18. The van der Waals surface area contributed by atoms with Crippen molar-refractivity contribution in [2.24, 2.45) is 5.92 Å². The Hall–Kier alpha value is -2.37. The molecule has 0 bridgehead atoms. The van der Waals surface area contributed by atoms with E-state index in [9.17, 15) is 9.59 Å². The van der Waals surface area contributed by atoms with Gasteiger partial charge in [-0.15, -0.1) is 12.4 Å². The minimum Gasteiger partial charge on any atom is -0.359 e. The second-order valence-electron chi connectivity index (χ2n) is 6.76. The lowest BCUT2D eigenvalue weighted by Crippen LogP contribution is -2.20. The maximum absolute atomic E-state index is 12.5. The van der Waals surface area contributed by atoms with Gasteiger partial charge in [-0.05, 0) is 67.2 Å². The number of amides is 2. The normalized spacial score (nSPS) is 15.7. The van der Waals surface area contributed by atoms with Gasteiger partial charge in [-0.3, -0.25) is 9.59 Å². The van der Waals surface area contributed by atoms with E-state index in [0.717, 1.165) is 25.1 Å². The van der Waals surface area contributed by atoms with Crippen LogP contribution in [-0.4, -0.2) is 32.0 Å². The molecule has 1 atom stereocenters. The van der Waals surface area contributed by atoms with Crippen molar-refractivity contribution in [2.45, 2.75) is 19.3 Å². The van der Waals surface area contributed by atoms with Crippen LogP contribution in [0.5, 0.6) is 0 Å². The van der Waals surface area contributed by atoms with Gasteiger partial charge in [-0.2, -0.15) is 0 Å². The van der Waals surface area contributed by atoms with Crippen LogP contribution in [0.2, 0.25) is 0 Å². The SMILES string of the molecule is CNC(=O)Cc1cccc(NC(=O)c2ccc(CC3CCNC3)cc2)c1.Cl. The number of carbonyl (C=O) groups excluding carboxylic acids is 2. The number of hydrogen-bond donors (Lipinski definition) is 3. The zero-order chi connectivity index (χ0) is 18.4. The summed E-state index contributed by atoms with van der Waals surface area (Å²) in [4.78, 5) is 23.9. The molecule has 0 aliphatic carbocycles. The zero-order valence-electron chi connectivity index (χ0n) is 15.5. The third kappa shape index (κ3) is 6.08. The topological polar surface area (TPSA) is 70.2 Å². The second kappa shape index (κ2) is 10.1. The summed E-state index contributed by atoms with van der Waals surface area (Å²) in [5.41, 5.74) is 3.46. The van der Waals surface area contributed by atoms with Crippen LogP contribution >= 0.6 is 12.4 Å². The van der Waals surface area contributed by atoms with Crippen molar-refractivity contribution in [3.05, 3.63) is 65.2 Å². The number of nitrogens with one attached hydrogen (secondary N) is 3. The summed E-state index contributed by atoms with van der Waals surface area (Å²) in [6.07, 6.45) is 2.57. The largest absolute Gasteiger partial charge is 0.359 e. The Morgan fingerprint density at radius 1 is 1.11 bits per heavy atom. The summed E-state index contributed by atoms with van der Waals surface area (Å²) in [6, 6.07) is 15.2. The standard InChI is InChI=1S/C21H25N3O2.ClH/c1-22-20(25)13-16-3-2-4-19(12-16)24-21(26)18-7-5-15(6-8-18)11-17-9-10-23-14-17;/h2-8,12,17,23H,9-11,13-14H2,1H3,(H,22,25)(H,24,26);1H. The molecule has 0 saturated carbocycles. The Bertz CT molecular complexity index is 771. The van der Waals surface area contributed by atoms with Crippen molar-refractivity contribution < 1.29 is 9.59 Å². The molecular weight excluding hydrogens is 362 g/mol. The lowest BCUT2D eigenvalue weighted by molar-refractivity contribution is -0.119. The highest BCUT2D eigenvalue weighted by atomic mass is 35.5. The summed E-state index contributed by atoms with van der Waals surface area (Å²) >= 11 is 0. The molecule has 1 heterocycles. The van der Waals surface area contributed by atoms with E-state index < -0.39 is 0 Å². The van der Waals surface area contributed by atoms with E-state index in [1.54, 1.807) is 7.05 Å². The van der Waals surface area contributed by atoms with Gasteiger partial charge in [0.15, 0.2) is 0 Å². The van der Waals surface area contributed by atoms with Crippen LogP contribution in [0, 0.1) is 5.92 Å². The van der Waals surface area contributed by atoms with Gasteiger partial charge >= 0.3 is 0 Å². The van der Waals surface area contributed by atoms with Gasteiger partial charge in [0.05, 0.1) is 6.42 Å². The molecule has 2 amide bonds. The van der Waals surface area contributed by atoms with Crippen LogP contribution in [0.25, 0.3) is 0 Å². The molecular formula is C21H26ClN3O2. The smallest absolute Gasteiger partial charge is 0.255 e. The number of halogens is 1. The molecule has 3 N–H and O–H groups in total. The lowest BCUT2D eigenvalue weighted by atomic mass is 9.98. The molecule has 0 aromatic heterocycles. The van der Waals surface area contributed by atoms with Gasteiger partial charge in [-0.25, -0.2) is 0 Å². The Morgan fingerprint density at radius 2 is 1.89 bits per heavy atom. The highest BCUT2D eigenvalue weighted by molar-refractivity contribution is 6.04. The predicted molar refractivity (Wildman–Crippen MR) is 111 cm³/mol. The molecule has 144 valence electrons. The maximum atomic E-state index is 12.5. The molecule has 5 nitrogen and oxygen atoms in total. The fourth-order valence-electron chi connectivity index (χ4n) is 3.25. The molecule has 1 aliphatic rings. The number of carbonyl (C=O) groups is 2. The third-order valence-corrected chi connectivity index (χ3v) is 4.73. The molecule has 1 fully saturated rings. The van der Waals surface area contributed by atoms with Crippen LogP contribution in [-0.2, 0) is 17.6 Å². The van der Waals surface area contributed by atoms with E-state index in [1.807, 2.05) is 48.5 Å². The highest BCUT2D eigenvalue weighted by Gasteiger charge is 2.15. The van der Waals surface area contributed by atoms with Crippen LogP contribution in [0.3, 0.4) is 0 Å². The molecule has 0 radical (unpaired) electrons. The Labute approximate surface area is 166 Å². The summed E-state index contributed by atoms with van der Waals surface area (Å²) in [5.74, 6) is 0.496. The average Bonchev–Trinajstić information content (AvgIpc) is 3.15. The second-order valence-corrected chi connectivity index (χ2v) is 6.76. The van der Waals surface area contributed by atoms with Crippen LogP contribution in [0.1, 0.15) is 27.9 Å². The van der Waals surface area contributed by atoms with Crippen molar-refractivity contribution in [2.75, 3.05) is 25.5 Å². The maximum Gasteiger partial charge on any atom is 0.255 e. The first-order valence-corrected chi connectivity index (χ1v) is 9.04. The summed E-state index contributed by atoms with van der Waals surface area (Å²) in [5, 5.41) is 8.88. The van der Waals surface area contributed by atoms with Gasteiger partial charge in [0.1, 0.15) is 0 Å². The fourth-order valence-corrected chi connectivity index (χ4v) is 3.25. The van der Waals surface area contributed by atoms with Gasteiger partial charge < -0.3 is 16.0 Å². The van der Waals surface area contributed by atoms with E-state index >= 15 is 0 Å². The van der Waals surface area contributed by atoms with Crippen molar-refractivity contribution in [3.8, 4) is 0 Å². The number of anilines is 1. The first kappa shape index (κ1) is 20.9. The third-order valence-electron chi connectivity index (χ3n) is 4.73. The number of rotatable bonds is 6. The summed E-state index contributed by atoms with van der Waals surface area (Å²) in [7, 11) is 1.61. The fraction of sp³-hybridized carbons (Fsp3) is 0.333. The predicted octanol–water partition coefficient (Wildman–Crippen LogP) is 2.80. The van der Waals surface area contributed by atoms with E-state index in [4.69, 9.17) is 0 Å². The molecule has 2 aromatic rings. The molecule has 27 heavy (non-hydrogen) atoms. The molecule has 1 aliphatic heterocycles. The van der Waals surface area contributed by atoms with Gasteiger partial charge in [0.2, 0.25) is 5.91 Å². The number of hydrogen-bond acceptors (Lipinski definition) is 3. The molecule has 1 saturated heterocycles. The van der Waals surface area contributed by atoms with Gasteiger partial charge in [0, 0.05) is 18.3 Å². The van der Waals surface area contributed by atoms with E-state index in [0.29, 0.717) is 23.6 Å². The lowest BCUT2D eigenvalue weighted by Gasteiger charge is -2.10. The molecule has 3 rings (SSSR count). The van der Waals surface area contributed by atoms with Crippen molar-refractivity contribution in [1.29, 1.82) is 0 Å². The van der Waals surface area contributed by atoms with Crippen LogP contribution < -0.4 is 16.0 Å². The minimum atomic E-state index is -0.142. The quantitative estimate of drug-likeness (QED) is 0.713. The van der Waals surface area contributed by atoms with Crippen LogP contribution in [0.15, 0.2) is 48.5 Å². The minimum absolute atomic E-state index is 0. The molecule has 0 spiro atoms. The van der Waals surface area contributed by atoms with Gasteiger partial charge in [-0.1, -0.05) is 24.3 Å². The molecule has 1 unspecified atom stereocenters. The summed E-state index contributed by atoms with van der Waals surface area (Å²) < 4.78 is 0. The van der Waals surface area contributed by atoms with E-state index in [2.05, 4.69) is 16.0 Å². The average molecular weight is 388 g/mol. The molecule has 2 aromatic carbocycles. The zero-order valence-corrected chi connectivity index (χ0v) is 16.3. The Balaban J connectivity index is 0.00000261. The highest BCUT2D eigenvalue weighted by Crippen LogP contribution is 2.17. The number of likely N-dealkylation sites (N-methyl/N-ethyl adjacent to an activating group) is 1. The molecule has 6 heteroatoms. The first-order valence-electron chi connectivity index (χ1n) is 9.04. The van der Waals surface area contributed by atoms with E-state index in [1.165, 1.54) is 12.0 Å². The van der Waals surface area contributed by atoms with Crippen LogP contribution in [0.4, 0.5) is 5.69 Å². The first-order chi connectivity index (χ1) is 12.6. The van der Waals surface area contributed by atoms with Gasteiger partial charge in [0.25, 0.3) is 5.91 Å². The van der Waals surface area contributed by atoms with Crippen molar-refractivity contribution in [1.82, 2.24) is 10.6 Å². The Morgan fingerprint density at radius 3 is 2.56 bits per heavy atom. The number of benzene rings is 2. The van der Waals surface area contributed by atoms with Crippen molar-refractivity contribution in [3.63, 3.8) is 0 Å². The van der Waals surface area contributed by atoms with E-state index in [-0.39, 0.29) is 24.2 Å². The monoisotopic (exact) mass is 387 g/mol.